The van der Waals surface area contributed by atoms with Gasteiger partial charge in [0, 0.05) is 6.54 Å². The van der Waals surface area contributed by atoms with Gasteiger partial charge in [-0.2, -0.15) is 0 Å². The van der Waals surface area contributed by atoms with Crippen LogP contribution in [0.3, 0.4) is 0 Å². The second-order valence-electron chi connectivity index (χ2n) is 3.53. The maximum Gasteiger partial charge on any atom is 0.246 e. The molecule has 1 saturated heterocycles. The highest BCUT2D eigenvalue weighted by Gasteiger charge is 2.37. The molecule has 0 aromatic rings. The SMILES string of the molecule is C#CC(CC)NC1CC(=O)N(CC)C1=O. The number of rotatable bonds is 4. The third kappa shape index (κ3) is 2.37. The molecule has 0 radical (unpaired) electrons. The number of hydrogen-bond donors (Lipinski definition) is 1. The Hall–Kier alpha value is -1.34. The Bertz CT molecular complexity index is 306. The number of hydrogen-bond acceptors (Lipinski definition) is 3. The minimum Gasteiger partial charge on any atom is -0.292 e. The summed E-state index contributed by atoms with van der Waals surface area (Å²) in [7, 11) is 0. The number of likely N-dealkylation sites (N-methyl/N-ethyl adjacent to an activating group) is 1. The second kappa shape index (κ2) is 4.94. The van der Waals surface area contributed by atoms with E-state index in [1.165, 1.54) is 4.90 Å². The van der Waals surface area contributed by atoms with Crippen molar-refractivity contribution in [2.24, 2.45) is 0 Å². The van der Waals surface area contributed by atoms with Gasteiger partial charge in [0.15, 0.2) is 0 Å². The molecule has 0 aromatic heterocycles. The Balaban J connectivity index is 2.63. The van der Waals surface area contributed by atoms with Gasteiger partial charge in [-0.15, -0.1) is 6.42 Å². The number of nitrogens with zero attached hydrogens (tertiary/aromatic N) is 1. The minimum absolute atomic E-state index is 0.119. The summed E-state index contributed by atoms with van der Waals surface area (Å²) in [6, 6.07) is -0.568. The first kappa shape index (κ1) is 11.7. The van der Waals surface area contributed by atoms with Crippen LogP contribution in [0.1, 0.15) is 26.7 Å². The summed E-state index contributed by atoms with van der Waals surface area (Å²) in [5, 5.41) is 3.01. The Labute approximate surface area is 90.0 Å². The first-order chi connectivity index (χ1) is 7.13. The van der Waals surface area contributed by atoms with Crippen molar-refractivity contribution < 1.29 is 9.59 Å². The van der Waals surface area contributed by atoms with Crippen LogP contribution in [0.4, 0.5) is 0 Å². The van der Waals surface area contributed by atoms with E-state index in [0.29, 0.717) is 6.54 Å². The van der Waals surface area contributed by atoms with E-state index in [9.17, 15) is 9.59 Å². The van der Waals surface area contributed by atoms with Gasteiger partial charge in [-0.1, -0.05) is 12.8 Å². The summed E-state index contributed by atoms with van der Waals surface area (Å²) in [4.78, 5) is 24.4. The lowest BCUT2D eigenvalue weighted by Gasteiger charge is -2.16. The third-order valence-corrected chi connectivity index (χ3v) is 2.57. The molecule has 1 heterocycles. The highest BCUT2D eigenvalue weighted by atomic mass is 16.2. The molecule has 1 aliphatic heterocycles. The average molecular weight is 208 g/mol. The van der Waals surface area contributed by atoms with Crippen LogP contribution in [0.25, 0.3) is 0 Å². The monoisotopic (exact) mass is 208 g/mol. The van der Waals surface area contributed by atoms with Crippen molar-refractivity contribution in [1.29, 1.82) is 0 Å². The van der Waals surface area contributed by atoms with Gasteiger partial charge in [0.05, 0.1) is 18.5 Å². The van der Waals surface area contributed by atoms with E-state index < -0.39 is 6.04 Å². The Morgan fingerprint density at radius 1 is 1.60 bits per heavy atom. The molecule has 0 aromatic carbocycles. The van der Waals surface area contributed by atoms with Crippen LogP contribution in [-0.2, 0) is 9.59 Å². The molecule has 2 atom stereocenters. The molecule has 0 bridgehead atoms. The van der Waals surface area contributed by atoms with E-state index >= 15 is 0 Å². The van der Waals surface area contributed by atoms with Crippen LogP contribution in [0.2, 0.25) is 0 Å². The van der Waals surface area contributed by atoms with Crippen molar-refractivity contribution >= 4 is 11.8 Å². The van der Waals surface area contributed by atoms with Crippen molar-refractivity contribution in [2.45, 2.75) is 38.8 Å². The zero-order chi connectivity index (χ0) is 11.4. The van der Waals surface area contributed by atoms with Gasteiger partial charge in [-0.3, -0.25) is 19.8 Å². The van der Waals surface area contributed by atoms with Crippen molar-refractivity contribution in [3.63, 3.8) is 0 Å². The summed E-state index contributed by atoms with van der Waals surface area (Å²) >= 11 is 0. The van der Waals surface area contributed by atoms with Gasteiger partial charge >= 0.3 is 0 Å². The molecule has 0 spiro atoms. The van der Waals surface area contributed by atoms with Gasteiger partial charge in [-0.25, -0.2) is 0 Å². The van der Waals surface area contributed by atoms with E-state index in [1.807, 2.05) is 6.92 Å². The summed E-state index contributed by atoms with van der Waals surface area (Å²) in [6.45, 7) is 4.16. The lowest BCUT2D eigenvalue weighted by Crippen LogP contribution is -2.43. The summed E-state index contributed by atoms with van der Waals surface area (Å²) < 4.78 is 0. The molecule has 82 valence electrons. The lowest BCUT2D eigenvalue weighted by atomic mass is 10.1. The van der Waals surface area contributed by atoms with Crippen molar-refractivity contribution in [1.82, 2.24) is 10.2 Å². The fraction of sp³-hybridized carbons (Fsp3) is 0.636. The van der Waals surface area contributed by atoms with E-state index in [2.05, 4.69) is 11.2 Å². The number of carbonyl (C=O) groups excluding carboxylic acids is 2. The predicted molar refractivity (Wildman–Crippen MR) is 56.8 cm³/mol. The highest BCUT2D eigenvalue weighted by Crippen LogP contribution is 2.13. The van der Waals surface area contributed by atoms with Crippen LogP contribution >= 0.6 is 0 Å². The fourth-order valence-electron chi connectivity index (χ4n) is 1.67. The number of nitrogens with one attached hydrogen (secondary N) is 1. The zero-order valence-corrected chi connectivity index (χ0v) is 9.12. The number of amides is 2. The largest absolute Gasteiger partial charge is 0.292 e. The Morgan fingerprint density at radius 2 is 2.27 bits per heavy atom. The molecule has 15 heavy (non-hydrogen) atoms. The van der Waals surface area contributed by atoms with E-state index in [4.69, 9.17) is 6.42 Å². The van der Waals surface area contributed by atoms with E-state index in [1.54, 1.807) is 6.92 Å². The van der Waals surface area contributed by atoms with Gasteiger partial charge in [-0.05, 0) is 13.3 Å². The molecular formula is C11H16N2O2. The van der Waals surface area contributed by atoms with E-state index in [0.717, 1.165) is 6.42 Å². The second-order valence-corrected chi connectivity index (χ2v) is 3.53. The van der Waals surface area contributed by atoms with E-state index in [-0.39, 0.29) is 24.3 Å². The Morgan fingerprint density at radius 3 is 2.67 bits per heavy atom. The number of likely N-dealkylation sites (tertiary alicyclic amines) is 1. The standard InChI is InChI=1S/C11H16N2O2/c1-4-8(5-2)12-9-7-10(14)13(6-3)11(9)15/h1,8-9,12H,5-7H2,2-3H3. The van der Waals surface area contributed by atoms with Crippen molar-refractivity contribution in [2.75, 3.05) is 6.54 Å². The molecule has 4 nitrogen and oxygen atoms in total. The van der Waals surface area contributed by atoms with Gasteiger partial charge in [0.1, 0.15) is 0 Å². The van der Waals surface area contributed by atoms with Crippen LogP contribution < -0.4 is 5.32 Å². The minimum atomic E-state index is -0.432. The molecule has 0 aliphatic carbocycles. The molecule has 2 amide bonds. The molecule has 0 saturated carbocycles. The van der Waals surface area contributed by atoms with Gasteiger partial charge in [0.25, 0.3) is 0 Å². The first-order valence-corrected chi connectivity index (χ1v) is 5.20. The molecule has 1 rings (SSSR count). The molecule has 1 aliphatic rings. The van der Waals surface area contributed by atoms with Crippen LogP contribution in [-0.4, -0.2) is 35.3 Å². The molecule has 1 N–H and O–H groups in total. The molecule has 1 fully saturated rings. The number of carbonyl (C=O) groups is 2. The highest BCUT2D eigenvalue weighted by molar-refractivity contribution is 6.05. The first-order valence-electron chi connectivity index (χ1n) is 5.20. The smallest absolute Gasteiger partial charge is 0.246 e. The normalized spacial score (nSPS) is 23.0. The summed E-state index contributed by atoms with van der Waals surface area (Å²) in [5.41, 5.74) is 0. The lowest BCUT2D eigenvalue weighted by molar-refractivity contribution is -0.138. The van der Waals surface area contributed by atoms with Gasteiger partial charge < -0.3 is 0 Å². The van der Waals surface area contributed by atoms with Crippen molar-refractivity contribution in [3.8, 4) is 12.3 Å². The number of imide groups is 1. The fourth-order valence-corrected chi connectivity index (χ4v) is 1.67. The average Bonchev–Trinajstić information content (AvgIpc) is 2.50. The summed E-state index contributed by atoms with van der Waals surface area (Å²) in [6.07, 6.45) is 6.26. The van der Waals surface area contributed by atoms with Crippen LogP contribution in [0.5, 0.6) is 0 Å². The molecule has 2 unspecified atom stereocenters. The maximum absolute atomic E-state index is 11.7. The van der Waals surface area contributed by atoms with Gasteiger partial charge in [0.2, 0.25) is 11.8 Å². The van der Waals surface area contributed by atoms with Crippen LogP contribution in [0.15, 0.2) is 0 Å². The van der Waals surface area contributed by atoms with Crippen molar-refractivity contribution in [3.05, 3.63) is 0 Å². The topological polar surface area (TPSA) is 49.4 Å². The zero-order valence-electron chi connectivity index (χ0n) is 9.12. The third-order valence-electron chi connectivity index (χ3n) is 2.57. The molecular weight excluding hydrogens is 192 g/mol. The quantitative estimate of drug-likeness (QED) is 0.528. The molecule has 4 heteroatoms. The van der Waals surface area contributed by atoms with Crippen LogP contribution in [0, 0.1) is 12.3 Å². The Kier molecular flexibility index (Phi) is 3.87. The maximum atomic E-state index is 11.7. The summed E-state index contributed by atoms with van der Waals surface area (Å²) in [5.74, 6) is 2.28. The number of terminal acetylenes is 1. The predicted octanol–water partition coefficient (Wildman–Crippen LogP) is 0.135.